The molecule has 0 aliphatic rings. The van der Waals surface area contributed by atoms with Crippen molar-refractivity contribution in [2.45, 2.75) is 31.6 Å². The van der Waals surface area contributed by atoms with E-state index in [-0.39, 0.29) is 10.8 Å². The molecule has 0 amide bonds. The number of hydrogen-bond acceptors (Lipinski definition) is 4. The number of rotatable bonds is 4. The summed E-state index contributed by atoms with van der Waals surface area (Å²) >= 11 is 0. The van der Waals surface area contributed by atoms with Crippen molar-refractivity contribution in [3.05, 3.63) is 35.9 Å². The smallest absolute Gasteiger partial charge is 0.263 e. The van der Waals surface area contributed by atoms with E-state index in [2.05, 4.69) is 19.9 Å². The van der Waals surface area contributed by atoms with Crippen molar-refractivity contribution in [3.8, 4) is 0 Å². The van der Waals surface area contributed by atoms with Gasteiger partial charge in [-0.05, 0) is 24.5 Å². The highest BCUT2D eigenvalue weighted by atomic mass is 32.2. The summed E-state index contributed by atoms with van der Waals surface area (Å²) in [6.07, 6.45) is 4.40. The summed E-state index contributed by atoms with van der Waals surface area (Å²) in [4.78, 5) is 4.04. The third-order valence-electron chi connectivity index (χ3n) is 2.65. The first kappa shape index (κ1) is 13.5. The Morgan fingerprint density at radius 1 is 1.26 bits per heavy atom. The van der Waals surface area contributed by atoms with Crippen molar-refractivity contribution >= 4 is 15.7 Å². The molecule has 0 aromatic carbocycles. The summed E-state index contributed by atoms with van der Waals surface area (Å²) < 4.78 is 27.0. The molecule has 0 saturated carbocycles. The number of sulfonamides is 1. The molecule has 0 unspecified atom stereocenters. The van der Waals surface area contributed by atoms with Gasteiger partial charge >= 0.3 is 0 Å². The normalized spacial score (nSPS) is 11.8. The lowest BCUT2D eigenvalue weighted by Crippen LogP contribution is -2.14. The summed E-state index contributed by atoms with van der Waals surface area (Å²) in [5.74, 6) is 0.149. The van der Waals surface area contributed by atoms with Crippen LogP contribution in [0, 0.1) is 6.92 Å². The molecule has 0 saturated heterocycles. The summed E-state index contributed by atoms with van der Waals surface area (Å²) in [6, 6.07) is 1.57. The second-order valence-electron chi connectivity index (χ2n) is 4.66. The summed E-state index contributed by atoms with van der Waals surface area (Å²) in [5, 5.41) is 6.67. The van der Waals surface area contributed by atoms with E-state index in [0.29, 0.717) is 5.69 Å². The van der Waals surface area contributed by atoms with Crippen LogP contribution in [0.3, 0.4) is 0 Å². The molecular formula is C12H16N4O2S. The molecule has 0 atom stereocenters. The zero-order valence-corrected chi connectivity index (χ0v) is 11.8. The average Bonchev–Trinajstić information content (AvgIpc) is 2.76. The largest absolute Gasteiger partial charge is 0.280 e. The fourth-order valence-corrected chi connectivity index (χ4v) is 2.81. The third-order valence-corrected chi connectivity index (χ3v) is 3.98. The number of aromatic amines is 1. The van der Waals surface area contributed by atoms with Crippen LogP contribution < -0.4 is 4.72 Å². The lowest BCUT2D eigenvalue weighted by Gasteiger charge is -2.10. The van der Waals surface area contributed by atoms with Gasteiger partial charge in [0, 0.05) is 12.4 Å². The van der Waals surface area contributed by atoms with E-state index in [1.807, 2.05) is 13.8 Å². The predicted molar refractivity (Wildman–Crippen MR) is 72.5 cm³/mol. The third kappa shape index (κ3) is 2.93. The number of aryl methyl sites for hydroxylation is 1. The van der Waals surface area contributed by atoms with E-state index in [9.17, 15) is 8.42 Å². The second-order valence-corrected chi connectivity index (χ2v) is 6.34. The van der Waals surface area contributed by atoms with E-state index in [0.717, 1.165) is 11.3 Å². The lowest BCUT2D eigenvalue weighted by atomic mass is 10.1. The van der Waals surface area contributed by atoms with Crippen LogP contribution in [0.25, 0.3) is 0 Å². The molecule has 102 valence electrons. The molecule has 6 nitrogen and oxygen atoms in total. The molecule has 2 heterocycles. The van der Waals surface area contributed by atoms with Gasteiger partial charge < -0.3 is 0 Å². The van der Waals surface area contributed by atoms with Crippen LogP contribution in [0.15, 0.2) is 29.6 Å². The maximum Gasteiger partial charge on any atom is 0.263 e. The number of H-pyrrole nitrogens is 1. The quantitative estimate of drug-likeness (QED) is 0.897. The van der Waals surface area contributed by atoms with Crippen molar-refractivity contribution in [1.82, 2.24) is 15.2 Å². The van der Waals surface area contributed by atoms with Crippen LogP contribution in [0.4, 0.5) is 5.69 Å². The number of aromatic nitrogens is 3. The van der Waals surface area contributed by atoms with Gasteiger partial charge in [0.25, 0.3) is 10.0 Å². The molecule has 2 rings (SSSR count). The van der Waals surface area contributed by atoms with Crippen LogP contribution in [-0.4, -0.2) is 23.6 Å². The Bertz CT molecular complexity index is 677. The van der Waals surface area contributed by atoms with E-state index < -0.39 is 10.0 Å². The number of nitrogens with zero attached hydrogens (tertiary/aromatic N) is 2. The van der Waals surface area contributed by atoms with Crippen LogP contribution in [0.2, 0.25) is 0 Å². The van der Waals surface area contributed by atoms with Gasteiger partial charge in [0.05, 0.1) is 17.6 Å². The number of pyridine rings is 1. The Hall–Kier alpha value is -1.89. The average molecular weight is 280 g/mol. The van der Waals surface area contributed by atoms with Crippen molar-refractivity contribution in [2.24, 2.45) is 0 Å². The van der Waals surface area contributed by atoms with Gasteiger partial charge in [-0.25, -0.2) is 8.42 Å². The summed E-state index contributed by atoms with van der Waals surface area (Å²) in [7, 11) is -3.63. The van der Waals surface area contributed by atoms with Gasteiger partial charge in [-0.2, -0.15) is 5.10 Å². The SMILES string of the molecule is Cc1cncc(S(=O)(=O)Nc2cn[nH]c2C(C)C)c1. The molecule has 0 aliphatic carbocycles. The predicted octanol–water partition coefficient (Wildman–Crippen LogP) is 2.04. The number of hydrogen-bond donors (Lipinski definition) is 2. The minimum Gasteiger partial charge on any atom is -0.280 e. The Morgan fingerprint density at radius 3 is 2.63 bits per heavy atom. The first-order valence-electron chi connectivity index (χ1n) is 5.88. The Balaban J connectivity index is 2.34. The second kappa shape index (κ2) is 5.00. The standard InChI is InChI=1S/C12H16N4O2S/c1-8(2)12-11(7-14-15-12)16-19(17,18)10-4-9(3)5-13-6-10/h4-8,16H,1-3H3,(H,14,15). The molecule has 2 aromatic rings. The first-order chi connectivity index (χ1) is 8.90. The lowest BCUT2D eigenvalue weighted by molar-refractivity contribution is 0.600. The monoisotopic (exact) mass is 280 g/mol. The highest BCUT2D eigenvalue weighted by Gasteiger charge is 2.18. The number of nitrogens with one attached hydrogen (secondary N) is 2. The Kier molecular flexibility index (Phi) is 3.57. The minimum absolute atomic E-state index is 0.142. The summed E-state index contributed by atoms with van der Waals surface area (Å²) in [6.45, 7) is 5.71. The van der Waals surface area contributed by atoms with Crippen molar-refractivity contribution in [1.29, 1.82) is 0 Å². The van der Waals surface area contributed by atoms with Crippen LogP contribution in [-0.2, 0) is 10.0 Å². The molecule has 0 bridgehead atoms. The fraction of sp³-hybridized carbons (Fsp3) is 0.333. The van der Waals surface area contributed by atoms with Crippen molar-refractivity contribution in [2.75, 3.05) is 4.72 Å². The van der Waals surface area contributed by atoms with Crippen LogP contribution >= 0.6 is 0 Å². The van der Waals surface area contributed by atoms with Crippen molar-refractivity contribution in [3.63, 3.8) is 0 Å². The highest BCUT2D eigenvalue weighted by Crippen LogP contribution is 2.23. The van der Waals surface area contributed by atoms with E-state index in [4.69, 9.17) is 0 Å². The molecule has 7 heteroatoms. The van der Waals surface area contributed by atoms with Crippen LogP contribution in [0.5, 0.6) is 0 Å². The topological polar surface area (TPSA) is 87.7 Å². The van der Waals surface area contributed by atoms with Gasteiger partial charge in [0.15, 0.2) is 0 Å². The summed E-state index contributed by atoms with van der Waals surface area (Å²) in [5.41, 5.74) is 2.01. The highest BCUT2D eigenvalue weighted by molar-refractivity contribution is 7.92. The molecular weight excluding hydrogens is 264 g/mol. The minimum atomic E-state index is -3.63. The zero-order chi connectivity index (χ0) is 14.0. The zero-order valence-electron chi connectivity index (χ0n) is 11.0. The van der Waals surface area contributed by atoms with E-state index in [1.165, 1.54) is 12.4 Å². The maximum atomic E-state index is 12.2. The molecule has 0 aliphatic heterocycles. The molecule has 2 aromatic heterocycles. The van der Waals surface area contributed by atoms with E-state index >= 15 is 0 Å². The van der Waals surface area contributed by atoms with E-state index in [1.54, 1.807) is 19.2 Å². The van der Waals surface area contributed by atoms with Crippen LogP contribution in [0.1, 0.15) is 31.0 Å². The van der Waals surface area contributed by atoms with Crippen molar-refractivity contribution < 1.29 is 8.42 Å². The Morgan fingerprint density at radius 2 is 2.00 bits per heavy atom. The van der Waals surface area contributed by atoms with Gasteiger partial charge in [-0.3, -0.25) is 14.8 Å². The maximum absolute atomic E-state index is 12.2. The van der Waals surface area contributed by atoms with Gasteiger partial charge in [0.1, 0.15) is 4.90 Å². The Labute approximate surface area is 112 Å². The van der Waals surface area contributed by atoms with Gasteiger partial charge in [-0.15, -0.1) is 0 Å². The first-order valence-corrected chi connectivity index (χ1v) is 7.36. The number of anilines is 1. The molecule has 2 N–H and O–H groups in total. The molecule has 0 fully saturated rings. The fourth-order valence-electron chi connectivity index (χ4n) is 1.70. The van der Waals surface area contributed by atoms with Gasteiger partial charge in [-0.1, -0.05) is 13.8 Å². The molecule has 19 heavy (non-hydrogen) atoms. The van der Waals surface area contributed by atoms with Gasteiger partial charge in [0.2, 0.25) is 0 Å². The molecule has 0 radical (unpaired) electrons. The molecule has 0 spiro atoms.